The van der Waals surface area contributed by atoms with Crippen LogP contribution in [0.25, 0.3) is 0 Å². The first kappa shape index (κ1) is 12.9. The van der Waals surface area contributed by atoms with Gasteiger partial charge in [0.2, 0.25) is 0 Å². The number of rotatable bonds is 4. The lowest BCUT2D eigenvalue weighted by atomic mass is 10.00. The Hall–Kier alpha value is -0.570. The van der Waals surface area contributed by atoms with Crippen LogP contribution in [-0.4, -0.2) is 31.2 Å². The lowest BCUT2D eigenvalue weighted by Crippen LogP contribution is -2.39. The van der Waals surface area contributed by atoms with E-state index in [0.717, 1.165) is 37.7 Å². The summed E-state index contributed by atoms with van der Waals surface area (Å²) in [7, 11) is 0. The zero-order valence-electron chi connectivity index (χ0n) is 10.4. The van der Waals surface area contributed by atoms with Gasteiger partial charge in [-0.2, -0.15) is 0 Å². The molecule has 3 heteroatoms. The van der Waals surface area contributed by atoms with Crippen molar-refractivity contribution in [2.24, 2.45) is 0 Å². The predicted octanol–water partition coefficient (Wildman–Crippen LogP) is 3.51. The van der Waals surface area contributed by atoms with Crippen molar-refractivity contribution >= 4 is 11.6 Å². The van der Waals surface area contributed by atoms with Crippen LogP contribution < -0.4 is 0 Å². The molecule has 1 heterocycles. The van der Waals surface area contributed by atoms with Gasteiger partial charge in [-0.3, -0.25) is 4.90 Å². The first-order valence-electron chi connectivity index (χ1n) is 6.39. The van der Waals surface area contributed by atoms with Gasteiger partial charge >= 0.3 is 0 Å². The monoisotopic (exact) mass is 253 g/mol. The van der Waals surface area contributed by atoms with Crippen LogP contribution in [0.15, 0.2) is 24.3 Å². The van der Waals surface area contributed by atoms with Crippen LogP contribution in [0.2, 0.25) is 5.02 Å². The molecule has 0 bridgehead atoms. The molecule has 0 saturated carbocycles. The van der Waals surface area contributed by atoms with Gasteiger partial charge in [0.1, 0.15) is 0 Å². The molecular weight excluding hydrogens is 234 g/mol. The molecule has 1 saturated heterocycles. The minimum absolute atomic E-state index is 0.442. The van der Waals surface area contributed by atoms with Gasteiger partial charge in [0.15, 0.2) is 0 Å². The van der Waals surface area contributed by atoms with Gasteiger partial charge in [-0.1, -0.05) is 43.1 Å². The van der Waals surface area contributed by atoms with Crippen molar-refractivity contribution in [2.75, 3.05) is 26.3 Å². The number of hydrogen-bond acceptors (Lipinski definition) is 2. The first-order valence-corrected chi connectivity index (χ1v) is 6.77. The second kappa shape index (κ2) is 6.39. The van der Waals surface area contributed by atoms with Crippen LogP contribution in [0.3, 0.4) is 0 Å². The summed E-state index contributed by atoms with van der Waals surface area (Å²) >= 11 is 6.32. The van der Waals surface area contributed by atoms with Crippen LogP contribution in [0, 0.1) is 0 Å². The van der Waals surface area contributed by atoms with Crippen LogP contribution in [0.4, 0.5) is 0 Å². The van der Waals surface area contributed by atoms with E-state index >= 15 is 0 Å². The summed E-state index contributed by atoms with van der Waals surface area (Å²) in [6.45, 7) is 5.92. The second-order valence-corrected chi connectivity index (χ2v) is 4.88. The molecule has 1 aliphatic rings. The summed E-state index contributed by atoms with van der Waals surface area (Å²) in [6, 6.07) is 8.65. The molecule has 0 aliphatic carbocycles. The number of halogens is 1. The molecule has 1 atom stereocenters. The van der Waals surface area contributed by atoms with Gasteiger partial charge in [0, 0.05) is 24.2 Å². The molecule has 0 spiro atoms. The first-order chi connectivity index (χ1) is 8.33. The molecule has 1 aromatic rings. The molecule has 94 valence electrons. The molecule has 2 nitrogen and oxygen atoms in total. The number of morpholine rings is 1. The molecule has 2 rings (SSSR count). The highest BCUT2D eigenvalue weighted by atomic mass is 35.5. The van der Waals surface area contributed by atoms with E-state index in [9.17, 15) is 0 Å². The minimum Gasteiger partial charge on any atom is -0.379 e. The molecule has 1 aromatic carbocycles. The Balaban J connectivity index is 2.18. The molecule has 1 unspecified atom stereocenters. The van der Waals surface area contributed by atoms with E-state index in [0.29, 0.717) is 6.04 Å². The number of hydrogen-bond donors (Lipinski definition) is 0. The maximum absolute atomic E-state index is 6.32. The average molecular weight is 254 g/mol. The van der Waals surface area contributed by atoms with E-state index in [4.69, 9.17) is 16.3 Å². The quantitative estimate of drug-likeness (QED) is 0.814. The normalized spacial score (nSPS) is 19.2. The molecule has 0 aromatic heterocycles. The molecule has 1 fully saturated rings. The largest absolute Gasteiger partial charge is 0.379 e. The Kier molecular flexibility index (Phi) is 4.84. The summed E-state index contributed by atoms with van der Waals surface area (Å²) < 4.78 is 5.42. The van der Waals surface area contributed by atoms with Gasteiger partial charge in [-0.05, 0) is 18.1 Å². The summed E-state index contributed by atoms with van der Waals surface area (Å²) in [4.78, 5) is 2.49. The Labute approximate surface area is 109 Å². The molecule has 1 aliphatic heterocycles. The third-order valence-electron chi connectivity index (χ3n) is 3.31. The fraction of sp³-hybridized carbons (Fsp3) is 0.571. The lowest BCUT2D eigenvalue weighted by molar-refractivity contribution is 0.0141. The van der Waals surface area contributed by atoms with Crippen LogP contribution >= 0.6 is 11.6 Å². The Morgan fingerprint density at radius 3 is 2.65 bits per heavy atom. The van der Waals surface area contributed by atoms with E-state index in [1.54, 1.807) is 0 Å². The van der Waals surface area contributed by atoms with Crippen molar-refractivity contribution in [1.82, 2.24) is 4.90 Å². The predicted molar refractivity (Wildman–Crippen MR) is 71.5 cm³/mol. The van der Waals surface area contributed by atoms with E-state index in [1.165, 1.54) is 12.0 Å². The van der Waals surface area contributed by atoms with Crippen molar-refractivity contribution in [3.8, 4) is 0 Å². The zero-order valence-corrected chi connectivity index (χ0v) is 11.1. The highest BCUT2D eigenvalue weighted by Gasteiger charge is 2.23. The van der Waals surface area contributed by atoms with Gasteiger partial charge < -0.3 is 4.74 Å². The van der Waals surface area contributed by atoms with Crippen molar-refractivity contribution in [3.05, 3.63) is 34.9 Å². The van der Waals surface area contributed by atoms with E-state index < -0.39 is 0 Å². The Morgan fingerprint density at radius 1 is 1.29 bits per heavy atom. The smallest absolute Gasteiger partial charge is 0.0594 e. The maximum Gasteiger partial charge on any atom is 0.0594 e. The van der Waals surface area contributed by atoms with E-state index in [1.807, 2.05) is 12.1 Å². The second-order valence-electron chi connectivity index (χ2n) is 4.47. The van der Waals surface area contributed by atoms with Crippen molar-refractivity contribution in [2.45, 2.75) is 25.8 Å². The summed E-state index contributed by atoms with van der Waals surface area (Å²) in [6.07, 6.45) is 2.33. The van der Waals surface area contributed by atoms with E-state index in [-0.39, 0.29) is 0 Å². The molecule has 0 radical (unpaired) electrons. The highest BCUT2D eigenvalue weighted by Crippen LogP contribution is 2.31. The SMILES string of the molecule is CCCC(c1ccccc1Cl)N1CCOCC1. The molecular formula is C14H20ClNO. The van der Waals surface area contributed by atoms with Crippen molar-refractivity contribution < 1.29 is 4.74 Å². The molecule has 17 heavy (non-hydrogen) atoms. The van der Waals surface area contributed by atoms with E-state index in [2.05, 4.69) is 24.0 Å². The third kappa shape index (κ3) is 3.21. The van der Waals surface area contributed by atoms with Gasteiger partial charge in [0.05, 0.1) is 13.2 Å². The average Bonchev–Trinajstić information content (AvgIpc) is 2.38. The molecule has 0 amide bonds. The van der Waals surface area contributed by atoms with Crippen LogP contribution in [-0.2, 0) is 4.74 Å². The number of nitrogens with zero attached hydrogens (tertiary/aromatic N) is 1. The fourth-order valence-electron chi connectivity index (χ4n) is 2.44. The van der Waals surface area contributed by atoms with Gasteiger partial charge in [-0.25, -0.2) is 0 Å². The standard InChI is InChI=1S/C14H20ClNO/c1-2-5-14(16-8-10-17-11-9-16)12-6-3-4-7-13(12)15/h3-4,6-7,14H,2,5,8-11H2,1H3. The summed E-state index contributed by atoms with van der Waals surface area (Å²) in [5.74, 6) is 0. The van der Waals surface area contributed by atoms with Crippen LogP contribution in [0.1, 0.15) is 31.4 Å². The number of benzene rings is 1. The molecule has 0 N–H and O–H groups in total. The van der Waals surface area contributed by atoms with Crippen molar-refractivity contribution in [1.29, 1.82) is 0 Å². The highest BCUT2D eigenvalue weighted by molar-refractivity contribution is 6.31. The van der Waals surface area contributed by atoms with Gasteiger partial charge in [0.25, 0.3) is 0 Å². The fourth-order valence-corrected chi connectivity index (χ4v) is 2.70. The Bertz CT molecular complexity index is 350. The minimum atomic E-state index is 0.442. The summed E-state index contributed by atoms with van der Waals surface area (Å²) in [5, 5.41) is 0.887. The van der Waals surface area contributed by atoms with Gasteiger partial charge in [-0.15, -0.1) is 0 Å². The van der Waals surface area contributed by atoms with Crippen LogP contribution in [0.5, 0.6) is 0 Å². The van der Waals surface area contributed by atoms with Crippen molar-refractivity contribution in [3.63, 3.8) is 0 Å². The number of ether oxygens (including phenoxy) is 1. The topological polar surface area (TPSA) is 12.5 Å². The summed E-state index contributed by atoms with van der Waals surface area (Å²) in [5.41, 5.74) is 1.26. The lowest BCUT2D eigenvalue weighted by Gasteiger charge is -2.35. The Morgan fingerprint density at radius 2 is 2.00 bits per heavy atom. The zero-order chi connectivity index (χ0) is 12.1. The maximum atomic E-state index is 6.32. The third-order valence-corrected chi connectivity index (χ3v) is 3.66.